The fourth-order valence-corrected chi connectivity index (χ4v) is 10.2. The Morgan fingerprint density at radius 2 is 1.58 bits per heavy atom. The molecule has 176 valence electrons. The highest BCUT2D eigenvalue weighted by atomic mass is 16.7. The standard InChI is InChI=1S/C26H42O5/c1-23-8-6-14(27)12-26(23,28)19-10-15(19)21-17(23)7-9-24(2)22(21)16-11-18(16)25(24,3)31-13-20(29-4)30-5/h14-22,27-28H,6-13H2,1-5H3/t14-,15-,16+,17?,18-,19+,21?,22?,23+,24-,25-,26+/m0/s1. The van der Waals surface area contributed by atoms with Crippen molar-refractivity contribution >= 4 is 0 Å². The number of rotatable bonds is 5. The van der Waals surface area contributed by atoms with E-state index in [1.165, 1.54) is 19.3 Å². The molecule has 0 radical (unpaired) electrons. The molecule has 12 atom stereocenters. The van der Waals surface area contributed by atoms with Crippen molar-refractivity contribution in [3.05, 3.63) is 0 Å². The number of hydrogen-bond donors (Lipinski definition) is 2. The van der Waals surface area contributed by atoms with Crippen molar-refractivity contribution < 1.29 is 24.4 Å². The molecular formula is C26H42O5. The monoisotopic (exact) mass is 434 g/mol. The maximum absolute atomic E-state index is 11.9. The summed E-state index contributed by atoms with van der Waals surface area (Å²) >= 11 is 0. The molecular weight excluding hydrogens is 392 g/mol. The van der Waals surface area contributed by atoms with Crippen LogP contribution in [0.4, 0.5) is 0 Å². The first-order chi connectivity index (χ1) is 14.6. The third kappa shape index (κ3) is 2.46. The van der Waals surface area contributed by atoms with Gasteiger partial charge >= 0.3 is 0 Å². The first-order valence-electron chi connectivity index (χ1n) is 12.7. The summed E-state index contributed by atoms with van der Waals surface area (Å²) in [6.45, 7) is 7.76. The number of hydrogen-bond acceptors (Lipinski definition) is 5. The Morgan fingerprint density at radius 3 is 2.29 bits per heavy atom. The van der Waals surface area contributed by atoms with Gasteiger partial charge in [0.1, 0.15) is 0 Å². The first-order valence-corrected chi connectivity index (χ1v) is 12.7. The lowest BCUT2D eigenvalue weighted by atomic mass is 9.42. The van der Waals surface area contributed by atoms with E-state index in [1.807, 2.05) is 0 Å². The van der Waals surface area contributed by atoms with E-state index in [0.29, 0.717) is 48.5 Å². The van der Waals surface area contributed by atoms with Crippen molar-refractivity contribution in [1.29, 1.82) is 0 Å². The van der Waals surface area contributed by atoms with Crippen molar-refractivity contribution in [2.75, 3.05) is 20.8 Å². The molecule has 0 aromatic rings. The minimum atomic E-state index is -0.657. The summed E-state index contributed by atoms with van der Waals surface area (Å²) in [5.74, 6) is 4.46. The Labute approximate surface area is 187 Å². The molecule has 6 fully saturated rings. The summed E-state index contributed by atoms with van der Waals surface area (Å²) in [4.78, 5) is 0. The smallest absolute Gasteiger partial charge is 0.180 e. The van der Waals surface area contributed by atoms with Gasteiger partial charge in [0.15, 0.2) is 6.29 Å². The third-order valence-electron chi connectivity index (χ3n) is 12.1. The molecule has 0 amide bonds. The zero-order valence-corrected chi connectivity index (χ0v) is 20.0. The van der Waals surface area contributed by atoms with Gasteiger partial charge in [-0.05, 0) is 97.7 Å². The molecule has 2 N–H and O–H groups in total. The molecule has 31 heavy (non-hydrogen) atoms. The summed E-state index contributed by atoms with van der Waals surface area (Å²) in [6.07, 6.45) is 6.61. The van der Waals surface area contributed by atoms with Crippen molar-refractivity contribution in [3.63, 3.8) is 0 Å². The molecule has 6 aliphatic carbocycles. The average molecular weight is 435 g/mol. The second-order valence-electron chi connectivity index (χ2n) is 12.7. The number of aliphatic hydroxyl groups is 2. The van der Waals surface area contributed by atoms with Gasteiger partial charge in [-0.3, -0.25) is 0 Å². The predicted octanol–water partition coefficient (Wildman–Crippen LogP) is 3.61. The van der Waals surface area contributed by atoms with Crippen LogP contribution in [0.1, 0.15) is 65.7 Å². The molecule has 0 aromatic carbocycles. The second-order valence-corrected chi connectivity index (χ2v) is 12.7. The SMILES string of the molecule is COC(CO[C@@]1(C)[C@H]2C[C@H]2C2C3C(CC[C@@]21C)[C@@]1(C)CC[C@H](O)C[C@@]1(O)[C@@H]1C[C@H]31)OC. The molecule has 0 saturated heterocycles. The highest BCUT2D eigenvalue weighted by molar-refractivity contribution is 5.29. The molecule has 5 nitrogen and oxygen atoms in total. The highest BCUT2D eigenvalue weighted by Crippen LogP contribution is 2.82. The fourth-order valence-electron chi connectivity index (χ4n) is 10.2. The zero-order chi connectivity index (χ0) is 22.0. The van der Waals surface area contributed by atoms with Crippen LogP contribution in [-0.2, 0) is 14.2 Å². The maximum atomic E-state index is 11.9. The summed E-state index contributed by atoms with van der Waals surface area (Å²) in [5, 5.41) is 22.4. The van der Waals surface area contributed by atoms with E-state index in [4.69, 9.17) is 14.2 Å². The topological polar surface area (TPSA) is 68.2 Å². The van der Waals surface area contributed by atoms with Gasteiger partial charge in [-0.2, -0.15) is 0 Å². The summed E-state index contributed by atoms with van der Waals surface area (Å²) in [7, 11) is 3.37. The van der Waals surface area contributed by atoms with Crippen LogP contribution in [0.3, 0.4) is 0 Å². The largest absolute Gasteiger partial charge is 0.393 e. The Hall–Kier alpha value is -0.200. The van der Waals surface area contributed by atoms with E-state index in [1.54, 1.807) is 14.2 Å². The summed E-state index contributed by atoms with van der Waals surface area (Å²) in [6, 6.07) is 0. The predicted molar refractivity (Wildman–Crippen MR) is 116 cm³/mol. The van der Waals surface area contributed by atoms with Crippen molar-refractivity contribution in [1.82, 2.24) is 0 Å². The number of methoxy groups -OCH3 is 2. The Balaban J connectivity index is 1.32. The van der Waals surface area contributed by atoms with E-state index in [2.05, 4.69) is 20.8 Å². The molecule has 0 aliphatic heterocycles. The third-order valence-corrected chi connectivity index (χ3v) is 12.1. The maximum Gasteiger partial charge on any atom is 0.180 e. The quantitative estimate of drug-likeness (QED) is 0.647. The lowest BCUT2D eigenvalue weighted by Crippen LogP contribution is -2.65. The van der Waals surface area contributed by atoms with Gasteiger partial charge in [-0.1, -0.05) is 13.8 Å². The van der Waals surface area contributed by atoms with Crippen LogP contribution >= 0.6 is 0 Å². The van der Waals surface area contributed by atoms with Crippen LogP contribution in [0, 0.1) is 52.3 Å². The highest BCUT2D eigenvalue weighted by Gasteiger charge is 2.80. The number of aliphatic hydroxyl groups excluding tert-OH is 1. The number of fused-ring (bicyclic) bond motifs is 10. The number of ether oxygens (including phenoxy) is 3. The van der Waals surface area contributed by atoms with Crippen LogP contribution in [0.25, 0.3) is 0 Å². The summed E-state index contributed by atoms with van der Waals surface area (Å²) in [5.41, 5.74) is -0.640. The summed E-state index contributed by atoms with van der Waals surface area (Å²) < 4.78 is 17.6. The van der Waals surface area contributed by atoms with Crippen LogP contribution in [0.2, 0.25) is 0 Å². The average Bonchev–Trinajstić information content (AvgIpc) is 3.63. The molecule has 5 heteroatoms. The van der Waals surface area contributed by atoms with Crippen molar-refractivity contribution in [2.45, 2.75) is 89.3 Å². The lowest BCUT2D eigenvalue weighted by Gasteiger charge is -2.65. The van der Waals surface area contributed by atoms with Gasteiger partial charge in [0, 0.05) is 20.6 Å². The van der Waals surface area contributed by atoms with Gasteiger partial charge in [0.05, 0.1) is 23.9 Å². The van der Waals surface area contributed by atoms with Gasteiger partial charge in [0.2, 0.25) is 0 Å². The first kappa shape index (κ1) is 21.3. The zero-order valence-electron chi connectivity index (χ0n) is 20.0. The normalized spacial score (nSPS) is 61.2. The molecule has 0 aromatic heterocycles. The molecule has 3 unspecified atom stereocenters. The molecule has 6 aliphatic rings. The lowest BCUT2D eigenvalue weighted by molar-refractivity contribution is -0.247. The molecule has 0 heterocycles. The molecule has 6 saturated carbocycles. The Bertz CT molecular complexity index is 754. The molecule has 0 bridgehead atoms. The minimum Gasteiger partial charge on any atom is -0.393 e. The van der Waals surface area contributed by atoms with Gasteiger partial charge in [-0.25, -0.2) is 0 Å². The second kappa shape index (κ2) is 6.47. The minimum absolute atomic E-state index is 0.0443. The van der Waals surface area contributed by atoms with Gasteiger partial charge in [0.25, 0.3) is 0 Å². The van der Waals surface area contributed by atoms with Crippen molar-refractivity contribution in [3.8, 4) is 0 Å². The van der Waals surface area contributed by atoms with Crippen LogP contribution in [0.5, 0.6) is 0 Å². The van der Waals surface area contributed by atoms with Crippen LogP contribution in [-0.4, -0.2) is 54.6 Å². The fraction of sp³-hybridized carbons (Fsp3) is 1.00. The Kier molecular flexibility index (Phi) is 4.46. The van der Waals surface area contributed by atoms with Crippen molar-refractivity contribution in [2.24, 2.45) is 52.3 Å². The van der Waals surface area contributed by atoms with E-state index in [0.717, 1.165) is 25.2 Å². The van der Waals surface area contributed by atoms with E-state index in [9.17, 15) is 10.2 Å². The van der Waals surface area contributed by atoms with Crippen LogP contribution < -0.4 is 0 Å². The van der Waals surface area contributed by atoms with E-state index in [-0.39, 0.29) is 28.8 Å². The van der Waals surface area contributed by atoms with Gasteiger partial charge < -0.3 is 24.4 Å². The molecule has 6 rings (SSSR count). The van der Waals surface area contributed by atoms with Crippen LogP contribution in [0.15, 0.2) is 0 Å². The van der Waals surface area contributed by atoms with E-state index < -0.39 is 5.60 Å². The van der Waals surface area contributed by atoms with Gasteiger partial charge in [-0.15, -0.1) is 0 Å². The Morgan fingerprint density at radius 1 is 0.903 bits per heavy atom. The van der Waals surface area contributed by atoms with E-state index >= 15 is 0 Å². The molecule has 0 spiro atoms.